The minimum atomic E-state index is -0.898. The van der Waals surface area contributed by atoms with Gasteiger partial charge < -0.3 is 15.2 Å². The van der Waals surface area contributed by atoms with E-state index in [-0.39, 0.29) is 28.9 Å². The number of rotatable bonds is 6. The molecule has 33 heavy (non-hydrogen) atoms. The van der Waals surface area contributed by atoms with Crippen LogP contribution in [-0.4, -0.2) is 30.3 Å². The highest BCUT2D eigenvalue weighted by atomic mass is 35.5. The average Bonchev–Trinajstić information content (AvgIpc) is 3.10. The molecule has 2 aliphatic rings. The molecule has 176 valence electrons. The molecule has 2 aliphatic carbocycles. The fourth-order valence-electron chi connectivity index (χ4n) is 5.42. The Balaban J connectivity index is 1.71. The highest BCUT2D eigenvalue weighted by Gasteiger charge is 2.52. The van der Waals surface area contributed by atoms with Gasteiger partial charge in [0.05, 0.1) is 12.1 Å². The zero-order chi connectivity index (χ0) is 23.8. The zero-order valence-corrected chi connectivity index (χ0v) is 20.3. The molecule has 0 radical (unpaired) electrons. The number of halogens is 3. The number of hydrogen-bond acceptors (Lipinski definition) is 4. The van der Waals surface area contributed by atoms with Crippen LogP contribution in [0.25, 0.3) is 6.08 Å². The number of hydrogen-bond donors (Lipinski definition) is 2. The summed E-state index contributed by atoms with van der Waals surface area (Å²) in [5, 5.41) is 13.8. The van der Waals surface area contributed by atoms with Crippen LogP contribution in [0.2, 0.25) is 10.0 Å². The summed E-state index contributed by atoms with van der Waals surface area (Å²) in [5.41, 5.74) is 2.34. The summed E-state index contributed by atoms with van der Waals surface area (Å²) in [6, 6.07) is 10.5. The van der Waals surface area contributed by atoms with Crippen molar-refractivity contribution in [1.29, 1.82) is 0 Å². The Morgan fingerprint density at radius 3 is 2.58 bits per heavy atom. The monoisotopic (exact) mass is 491 g/mol. The molecular formula is C26H28Cl2FNO3. The van der Waals surface area contributed by atoms with Crippen molar-refractivity contribution < 1.29 is 19.0 Å². The minimum absolute atomic E-state index is 0.0583. The number of nitrogens with one attached hydrogen (secondary N) is 1. The van der Waals surface area contributed by atoms with Crippen molar-refractivity contribution in [3.05, 3.63) is 69.0 Å². The third kappa shape index (κ3) is 4.27. The van der Waals surface area contributed by atoms with Gasteiger partial charge in [-0.25, -0.2) is 9.18 Å². The number of fused-ring (bicyclic) bond motifs is 2. The van der Waals surface area contributed by atoms with Gasteiger partial charge in [0.1, 0.15) is 11.4 Å². The molecule has 1 atom stereocenters. The highest BCUT2D eigenvalue weighted by molar-refractivity contribution is 6.32. The number of aliphatic hydroxyl groups excluding tert-OH is 1. The van der Waals surface area contributed by atoms with Crippen LogP contribution in [0.15, 0.2) is 42.0 Å². The van der Waals surface area contributed by atoms with Gasteiger partial charge >= 0.3 is 5.97 Å². The molecule has 0 aromatic heterocycles. The van der Waals surface area contributed by atoms with E-state index in [1.165, 1.54) is 13.2 Å². The molecule has 1 saturated carbocycles. The van der Waals surface area contributed by atoms with Gasteiger partial charge in [0.15, 0.2) is 0 Å². The smallest absolute Gasteiger partial charge is 0.331 e. The second-order valence-corrected chi connectivity index (χ2v) is 10.1. The molecule has 0 aliphatic heterocycles. The fraction of sp³-hybridized carbons (Fsp3) is 0.423. The van der Waals surface area contributed by atoms with E-state index in [4.69, 9.17) is 27.9 Å². The summed E-state index contributed by atoms with van der Waals surface area (Å²) in [5.74, 6) is -0.703. The third-order valence-electron chi connectivity index (χ3n) is 7.20. The van der Waals surface area contributed by atoms with Crippen LogP contribution in [0.5, 0.6) is 0 Å². The van der Waals surface area contributed by atoms with Crippen LogP contribution in [0.3, 0.4) is 0 Å². The number of carbonyl (C=O) groups excluding carboxylic acids is 1. The maximum absolute atomic E-state index is 14.3. The van der Waals surface area contributed by atoms with E-state index in [0.29, 0.717) is 42.7 Å². The molecule has 1 fully saturated rings. The number of allylic oxidation sites excluding steroid dienone is 1. The molecule has 2 aromatic rings. The molecule has 0 bridgehead atoms. The van der Waals surface area contributed by atoms with Gasteiger partial charge in [-0.15, -0.1) is 0 Å². The van der Waals surface area contributed by atoms with Crippen LogP contribution < -0.4 is 5.32 Å². The quantitative estimate of drug-likeness (QED) is 0.460. The molecule has 0 unspecified atom stereocenters. The summed E-state index contributed by atoms with van der Waals surface area (Å²) in [4.78, 5) is 13.0. The number of methoxy groups -OCH3 is 1. The number of anilines is 1. The Kier molecular flexibility index (Phi) is 6.77. The predicted octanol–water partition coefficient (Wildman–Crippen LogP) is 6.38. The van der Waals surface area contributed by atoms with Gasteiger partial charge in [-0.2, -0.15) is 0 Å². The second-order valence-electron chi connectivity index (χ2n) is 9.28. The molecule has 4 nitrogen and oxygen atoms in total. The SMILES string of the molecule is COC(=O)C1(Nc2cccc(Cl)c2)CCC2(CC1)C(C[C@@H](C)CO)=Cc1c2ccc(F)c1Cl. The van der Waals surface area contributed by atoms with E-state index in [0.717, 1.165) is 16.8 Å². The summed E-state index contributed by atoms with van der Waals surface area (Å²) >= 11 is 12.5. The van der Waals surface area contributed by atoms with E-state index < -0.39 is 11.4 Å². The van der Waals surface area contributed by atoms with E-state index in [1.807, 2.05) is 31.2 Å². The maximum atomic E-state index is 14.3. The number of benzene rings is 2. The Morgan fingerprint density at radius 2 is 1.94 bits per heavy atom. The predicted molar refractivity (Wildman–Crippen MR) is 130 cm³/mol. The molecule has 0 amide bonds. The van der Waals surface area contributed by atoms with Gasteiger partial charge in [0.2, 0.25) is 0 Å². The lowest BCUT2D eigenvalue weighted by atomic mass is 9.61. The van der Waals surface area contributed by atoms with Crippen molar-refractivity contribution in [2.24, 2.45) is 5.92 Å². The standard InChI is InChI=1S/C26H28Cl2FNO3/c1-16(15-31)12-17-13-20-21(6-7-22(29)23(20)28)25(17)8-10-26(11-9-25,24(32)33-2)30-19-5-3-4-18(27)14-19/h3-7,13-14,16,30-31H,8-12,15H2,1-2H3/t16-,25?,26?/m1/s1. The zero-order valence-electron chi connectivity index (χ0n) is 18.8. The number of aliphatic hydroxyl groups is 1. The first-order chi connectivity index (χ1) is 15.7. The van der Waals surface area contributed by atoms with Gasteiger partial charge in [0.25, 0.3) is 0 Å². The van der Waals surface area contributed by atoms with Gasteiger partial charge in [0, 0.05) is 28.3 Å². The van der Waals surface area contributed by atoms with Crippen molar-refractivity contribution in [3.8, 4) is 0 Å². The Hall–Kier alpha value is -2.08. The van der Waals surface area contributed by atoms with Crippen LogP contribution >= 0.6 is 23.2 Å². The lowest BCUT2D eigenvalue weighted by Crippen LogP contribution is -2.52. The Labute approximate surface area is 203 Å². The number of esters is 1. The molecular weight excluding hydrogens is 464 g/mol. The van der Waals surface area contributed by atoms with E-state index in [9.17, 15) is 14.3 Å². The fourth-order valence-corrected chi connectivity index (χ4v) is 5.83. The van der Waals surface area contributed by atoms with E-state index in [1.54, 1.807) is 12.1 Å². The summed E-state index contributed by atoms with van der Waals surface area (Å²) in [7, 11) is 1.40. The van der Waals surface area contributed by atoms with Crippen LogP contribution in [0, 0.1) is 11.7 Å². The highest BCUT2D eigenvalue weighted by Crippen LogP contribution is 2.56. The maximum Gasteiger partial charge on any atom is 0.331 e. The molecule has 0 saturated heterocycles. The largest absolute Gasteiger partial charge is 0.467 e. The van der Waals surface area contributed by atoms with Crippen molar-refractivity contribution in [1.82, 2.24) is 0 Å². The Bertz CT molecular complexity index is 1090. The average molecular weight is 492 g/mol. The molecule has 4 rings (SSSR count). The van der Waals surface area contributed by atoms with Crippen LogP contribution in [-0.2, 0) is 14.9 Å². The van der Waals surface area contributed by atoms with Gasteiger partial charge in [-0.3, -0.25) is 0 Å². The lowest BCUT2D eigenvalue weighted by molar-refractivity contribution is -0.147. The van der Waals surface area contributed by atoms with E-state index in [2.05, 4.69) is 5.32 Å². The first kappa shape index (κ1) is 24.1. The van der Waals surface area contributed by atoms with Gasteiger partial charge in [-0.1, -0.05) is 53.9 Å². The molecule has 7 heteroatoms. The lowest BCUT2D eigenvalue weighted by Gasteiger charge is -2.46. The molecule has 1 spiro atoms. The first-order valence-corrected chi connectivity index (χ1v) is 11.9. The Morgan fingerprint density at radius 1 is 1.21 bits per heavy atom. The topological polar surface area (TPSA) is 58.6 Å². The van der Waals surface area contributed by atoms with Crippen LogP contribution in [0.1, 0.15) is 50.2 Å². The summed E-state index contributed by atoms with van der Waals surface area (Å²) in [6.45, 7) is 2.05. The second kappa shape index (κ2) is 9.28. The summed E-state index contributed by atoms with van der Waals surface area (Å²) < 4.78 is 19.5. The third-order valence-corrected chi connectivity index (χ3v) is 7.82. The minimum Gasteiger partial charge on any atom is -0.467 e. The van der Waals surface area contributed by atoms with Gasteiger partial charge in [-0.05, 0) is 67.9 Å². The normalized spacial score (nSPS) is 24.8. The molecule has 2 N–H and O–H groups in total. The van der Waals surface area contributed by atoms with E-state index >= 15 is 0 Å². The molecule has 0 heterocycles. The number of ether oxygens (including phenoxy) is 1. The van der Waals surface area contributed by atoms with Crippen LogP contribution in [0.4, 0.5) is 10.1 Å². The van der Waals surface area contributed by atoms with Crippen molar-refractivity contribution in [2.75, 3.05) is 19.0 Å². The first-order valence-electron chi connectivity index (χ1n) is 11.2. The van der Waals surface area contributed by atoms with Crippen molar-refractivity contribution in [3.63, 3.8) is 0 Å². The van der Waals surface area contributed by atoms with Crippen molar-refractivity contribution in [2.45, 2.75) is 50.0 Å². The summed E-state index contributed by atoms with van der Waals surface area (Å²) in [6.07, 6.45) is 5.03. The molecule has 2 aromatic carbocycles. The number of carbonyl (C=O) groups is 1. The van der Waals surface area contributed by atoms with Crippen molar-refractivity contribution >= 4 is 40.9 Å².